The van der Waals surface area contributed by atoms with Crippen LogP contribution in [0.5, 0.6) is 0 Å². The normalized spacial score (nSPS) is 11.9. The maximum Gasteiger partial charge on any atom is 0.319 e. The van der Waals surface area contributed by atoms with E-state index in [9.17, 15) is 4.79 Å². The molecule has 27 heavy (non-hydrogen) atoms. The molecular formula is C21H24N4O2. The Bertz CT molecular complexity index is 949. The topological polar surface area (TPSA) is 80.0 Å². The molecule has 6 nitrogen and oxygen atoms in total. The van der Waals surface area contributed by atoms with Crippen molar-refractivity contribution in [3.8, 4) is 22.8 Å². The van der Waals surface area contributed by atoms with Crippen LogP contribution in [0.25, 0.3) is 22.8 Å². The van der Waals surface area contributed by atoms with Gasteiger partial charge in [0.25, 0.3) is 5.89 Å². The number of benzene rings is 2. The van der Waals surface area contributed by atoms with Gasteiger partial charge in [-0.25, -0.2) is 4.79 Å². The van der Waals surface area contributed by atoms with E-state index in [0.717, 1.165) is 17.5 Å². The molecule has 2 aromatic carbocycles. The smallest absolute Gasteiger partial charge is 0.319 e. The molecule has 0 bridgehead atoms. The summed E-state index contributed by atoms with van der Waals surface area (Å²) >= 11 is 0. The molecule has 1 atom stereocenters. The summed E-state index contributed by atoms with van der Waals surface area (Å²) in [5.41, 5.74) is 4.72. The fraction of sp³-hybridized carbons (Fsp3) is 0.286. The highest BCUT2D eigenvalue weighted by Gasteiger charge is 2.12. The third-order valence-corrected chi connectivity index (χ3v) is 4.55. The second-order valence-corrected chi connectivity index (χ2v) is 6.71. The highest BCUT2D eigenvalue weighted by atomic mass is 16.5. The van der Waals surface area contributed by atoms with E-state index in [1.54, 1.807) is 0 Å². The first-order valence-corrected chi connectivity index (χ1v) is 9.05. The van der Waals surface area contributed by atoms with E-state index in [-0.39, 0.29) is 12.1 Å². The van der Waals surface area contributed by atoms with E-state index >= 15 is 0 Å². The van der Waals surface area contributed by atoms with Gasteiger partial charge in [0, 0.05) is 22.9 Å². The lowest BCUT2D eigenvalue weighted by molar-refractivity contribution is 0.249. The highest BCUT2D eigenvalue weighted by molar-refractivity contribution is 5.90. The van der Waals surface area contributed by atoms with E-state index in [0.29, 0.717) is 17.4 Å². The molecule has 0 saturated carbocycles. The van der Waals surface area contributed by atoms with Crippen molar-refractivity contribution in [1.29, 1.82) is 0 Å². The summed E-state index contributed by atoms with van der Waals surface area (Å²) in [5, 5.41) is 9.79. The Balaban J connectivity index is 1.78. The third-order valence-electron chi connectivity index (χ3n) is 4.55. The number of anilines is 1. The van der Waals surface area contributed by atoms with Crippen LogP contribution in [-0.4, -0.2) is 22.2 Å². The SMILES string of the molecule is CC[C@@H](C)NC(=O)Nc1cccc(-c2noc(-c3ccc(C)c(C)c3)n2)c1. The molecule has 3 rings (SSSR count). The van der Waals surface area contributed by atoms with E-state index < -0.39 is 0 Å². The van der Waals surface area contributed by atoms with Gasteiger partial charge in [-0.1, -0.05) is 30.3 Å². The van der Waals surface area contributed by atoms with Crippen molar-refractivity contribution < 1.29 is 9.32 Å². The van der Waals surface area contributed by atoms with Gasteiger partial charge in [-0.3, -0.25) is 0 Å². The predicted octanol–water partition coefficient (Wildman–Crippen LogP) is 4.94. The Morgan fingerprint density at radius 3 is 2.67 bits per heavy atom. The lowest BCUT2D eigenvalue weighted by Crippen LogP contribution is -2.35. The van der Waals surface area contributed by atoms with Gasteiger partial charge in [-0.15, -0.1) is 0 Å². The zero-order valence-corrected chi connectivity index (χ0v) is 16.0. The minimum Gasteiger partial charge on any atom is -0.335 e. The number of rotatable bonds is 5. The van der Waals surface area contributed by atoms with Gasteiger partial charge in [-0.05, 0) is 62.6 Å². The minimum absolute atomic E-state index is 0.117. The number of nitrogens with one attached hydrogen (secondary N) is 2. The fourth-order valence-corrected chi connectivity index (χ4v) is 2.56. The summed E-state index contributed by atoms with van der Waals surface area (Å²) in [6.07, 6.45) is 0.873. The molecular weight excluding hydrogens is 340 g/mol. The number of amides is 2. The zero-order chi connectivity index (χ0) is 19.4. The molecule has 140 valence electrons. The van der Waals surface area contributed by atoms with Crippen molar-refractivity contribution in [2.45, 2.75) is 40.2 Å². The van der Waals surface area contributed by atoms with Crippen LogP contribution in [0.15, 0.2) is 47.0 Å². The van der Waals surface area contributed by atoms with E-state index in [1.165, 1.54) is 11.1 Å². The number of carbonyl (C=O) groups is 1. The Morgan fingerprint density at radius 2 is 1.93 bits per heavy atom. The minimum atomic E-state index is -0.231. The first-order chi connectivity index (χ1) is 13.0. The summed E-state index contributed by atoms with van der Waals surface area (Å²) in [6, 6.07) is 13.3. The highest BCUT2D eigenvalue weighted by Crippen LogP contribution is 2.25. The lowest BCUT2D eigenvalue weighted by atomic mass is 10.1. The van der Waals surface area contributed by atoms with E-state index in [1.807, 2.05) is 56.3 Å². The van der Waals surface area contributed by atoms with Crippen LogP contribution in [-0.2, 0) is 0 Å². The number of hydrogen-bond donors (Lipinski definition) is 2. The van der Waals surface area contributed by atoms with Crippen LogP contribution in [0.2, 0.25) is 0 Å². The maximum atomic E-state index is 12.0. The van der Waals surface area contributed by atoms with Gasteiger partial charge in [-0.2, -0.15) is 4.98 Å². The van der Waals surface area contributed by atoms with Gasteiger partial charge in [0.15, 0.2) is 0 Å². The molecule has 1 heterocycles. The third kappa shape index (κ3) is 4.53. The van der Waals surface area contributed by atoms with Gasteiger partial charge < -0.3 is 15.2 Å². The molecule has 0 unspecified atom stereocenters. The number of aryl methyl sites for hydroxylation is 2. The molecule has 0 spiro atoms. The van der Waals surface area contributed by atoms with E-state index in [4.69, 9.17) is 4.52 Å². The van der Waals surface area contributed by atoms with Crippen molar-refractivity contribution in [2.75, 3.05) is 5.32 Å². The number of aromatic nitrogens is 2. The van der Waals surface area contributed by atoms with Crippen LogP contribution in [0, 0.1) is 13.8 Å². The number of hydrogen-bond acceptors (Lipinski definition) is 4. The van der Waals surface area contributed by atoms with Crippen molar-refractivity contribution >= 4 is 11.7 Å². The Labute approximate surface area is 159 Å². The number of urea groups is 1. The first-order valence-electron chi connectivity index (χ1n) is 9.05. The molecule has 1 aromatic heterocycles. The van der Waals surface area contributed by atoms with Crippen molar-refractivity contribution in [2.24, 2.45) is 0 Å². The second-order valence-electron chi connectivity index (χ2n) is 6.71. The van der Waals surface area contributed by atoms with Crippen molar-refractivity contribution in [3.63, 3.8) is 0 Å². The van der Waals surface area contributed by atoms with Crippen LogP contribution in [0.1, 0.15) is 31.4 Å². The molecule has 0 aliphatic rings. The van der Waals surface area contributed by atoms with Gasteiger partial charge in [0.05, 0.1) is 0 Å². The summed E-state index contributed by atoms with van der Waals surface area (Å²) in [4.78, 5) is 16.5. The fourth-order valence-electron chi connectivity index (χ4n) is 2.56. The monoisotopic (exact) mass is 364 g/mol. The van der Waals surface area contributed by atoms with Crippen molar-refractivity contribution in [1.82, 2.24) is 15.5 Å². The van der Waals surface area contributed by atoms with Crippen LogP contribution >= 0.6 is 0 Å². The van der Waals surface area contributed by atoms with E-state index in [2.05, 4.69) is 34.6 Å². The van der Waals surface area contributed by atoms with Crippen LogP contribution in [0.3, 0.4) is 0 Å². The Hall–Kier alpha value is -3.15. The standard InChI is InChI=1S/C21H24N4O2/c1-5-15(4)22-21(26)23-18-8-6-7-16(12-18)19-24-20(27-25-19)17-10-9-13(2)14(3)11-17/h6-12,15H,5H2,1-4H3,(H2,22,23,26)/t15-/m1/s1. The van der Waals surface area contributed by atoms with Gasteiger partial charge >= 0.3 is 6.03 Å². The summed E-state index contributed by atoms with van der Waals surface area (Å²) in [6.45, 7) is 8.10. The van der Waals surface area contributed by atoms with Crippen LogP contribution in [0.4, 0.5) is 10.5 Å². The second kappa shape index (κ2) is 8.03. The van der Waals surface area contributed by atoms with Crippen LogP contribution < -0.4 is 10.6 Å². The zero-order valence-electron chi connectivity index (χ0n) is 16.0. The molecule has 6 heteroatoms. The maximum absolute atomic E-state index is 12.0. The molecule has 0 fully saturated rings. The summed E-state index contributed by atoms with van der Waals surface area (Å²) < 4.78 is 5.43. The van der Waals surface area contributed by atoms with Gasteiger partial charge in [0.1, 0.15) is 0 Å². The molecule has 0 radical (unpaired) electrons. The molecule has 0 aliphatic carbocycles. The van der Waals surface area contributed by atoms with Crippen molar-refractivity contribution in [3.05, 3.63) is 53.6 Å². The lowest BCUT2D eigenvalue weighted by Gasteiger charge is -2.12. The predicted molar refractivity (Wildman–Crippen MR) is 107 cm³/mol. The first kappa shape index (κ1) is 18.6. The average molecular weight is 364 g/mol. The largest absolute Gasteiger partial charge is 0.335 e. The molecule has 2 N–H and O–H groups in total. The summed E-state index contributed by atoms with van der Waals surface area (Å²) in [5.74, 6) is 0.954. The molecule has 2 amide bonds. The summed E-state index contributed by atoms with van der Waals surface area (Å²) in [7, 11) is 0. The molecule has 0 aliphatic heterocycles. The van der Waals surface area contributed by atoms with Gasteiger partial charge in [0.2, 0.25) is 5.82 Å². The average Bonchev–Trinajstić information content (AvgIpc) is 3.14. The Kier molecular flexibility index (Phi) is 5.54. The quantitative estimate of drug-likeness (QED) is 0.672. The molecule has 0 saturated heterocycles. The number of nitrogens with zero attached hydrogens (tertiary/aromatic N) is 2. The Morgan fingerprint density at radius 1 is 1.11 bits per heavy atom. The number of carbonyl (C=O) groups excluding carboxylic acids is 1. The molecule has 3 aromatic rings.